The largest absolute Gasteiger partial charge is 0.494 e. The van der Waals surface area contributed by atoms with Gasteiger partial charge in [-0.1, -0.05) is 43.9 Å². The number of ether oxygens (including phenoxy) is 3. The summed E-state index contributed by atoms with van der Waals surface area (Å²) in [6, 6.07) is 13.4. The topological polar surface area (TPSA) is 70.8 Å². The van der Waals surface area contributed by atoms with Gasteiger partial charge in [0.2, 0.25) is 5.89 Å². The van der Waals surface area contributed by atoms with Crippen LogP contribution in [0.3, 0.4) is 0 Å². The highest BCUT2D eigenvalue weighted by Gasteiger charge is 2.23. The number of carbonyl (C=O) groups excluding carboxylic acids is 1. The Hall–Kier alpha value is -3.28. The number of carbonyl (C=O) groups is 1. The fourth-order valence-corrected chi connectivity index (χ4v) is 4.69. The molecule has 34 heavy (non-hydrogen) atoms. The maximum Gasteiger partial charge on any atom is 0.226 e. The summed E-state index contributed by atoms with van der Waals surface area (Å²) in [4.78, 5) is 16.2. The van der Waals surface area contributed by atoms with Gasteiger partial charge in [0.05, 0.1) is 26.0 Å². The number of aldehydes is 1. The number of hydrogen-bond donors (Lipinski definition) is 0. The quantitative estimate of drug-likeness (QED) is 0.288. The molecule has 2 aromatic carbocycles. The molecule has 1 aliphatic carbocycles. The number of nitrogens with zero attached hydrogens (tertiary/aromatic N) is 1. The first-order valence-electron chi connectivity index (χ1n) is 12.2. The predicted octanol–water partition coefficient (Wildman–Crippen LogP) is 6.43. The monoisotopic (exact) mass is 463 g/mol. The van der Waals surface area contributed by atoms with Crippen LogP contribution in [-0.2, 0) is 4.79 Å². The Morgan fingerprint density at radius 1 is 1.09 bits per heavy atom. The Kier molecular flexibility index (Phi) is 8.23. The van der Waals surface area contributed by atoms with Crippen molar-refractivity contribution in [3.8, 4) is 28.7 Å². The van der Waals surface area contributed by atoms with Crippen molar-refractivity contribution in [1.82, 2.24) is 4.98 Å². The number of rotatable bonds is 12. The van der Waals surface area contributed by atoms with Crippen LogP contribution in [0.5, 0.6) is 17.2 Å². The highest BCUT2D eigenvalue weighted by Crippen LogP contribution is 2.37. The highest BCUT2D eigenvalue weighted by molar-refractivity contribution is 5.61. The molecule has 4 rings (SSSR count). The van der Waals surface area contributed by atoms with E-state index >= 15 is 0 Å². The lowest BCUT2D eigenvalue weighted by atomic mass is 9.92. The standard InChI is InChI=1S/C28H33NO5/c1-3-32-25-11-7-6-10-23(25)22(14-16-30)24-19-34-28(29-24)21-12-13-26(31-2)27(18-21)33-17-15-20-8-4-5-9-20/h6-7,10-13,16,18-20,22H,3-5,8-9,14-15,17H2,1-2H3. The second-order valence-corrected chi connectivity index (χ2v) is 8.66. The van der Waals surface area contributed by atoms with Gasteiger partial charge in [-0.3, -0.25) is 0 Å². The first-order valence-corrected chi connectivity index (χ1v) is 12.2. The molecule has 180 valence electrons. The zero-order valence-electron chi connectivity index (χ0n) is 20.0. The number of oxazole rings is 1. The van der Waals surface area contributed by atoms with E-state index in [0.717, 1.165) is 35.5 Å². The van der Waals surface area contributed by atoms with E-state index < -0.39 is 0 Å². The maximum absolute atomic E-state index is 11.5. The molecule has 1 aliphatic rings. The molecule has 0 spiro atoms. The second-order valence-electron chi connectivity index (χ2n) is 8.66. The van der Waals surface area contributed by atoms with Gasteiger partial charge in [-0.25, -0.2) is 4.98 Å². The minimum atomic E-state index is -0.252. The molecule has 1 aromatic heterocycles. The summed E-state index contributed by atoms with van der Waals surface area (Å²) < 4.78 is 23.2. The van der Waals surface area contributed by atoms with Crippen LogP contribution in [0.4, 0.5) is 0 Å². The Morgan fingerprint density at radius 3 is 2.68 bits per heavy atom. The average Bonchev–Trinajstić information content (AvgIpc) is 3.56. The second kappa shape index (κ2) is 11.7. The van der Waals surface area contributed by atoms with Crippen LogP contribution < -0.4 is 14.2 Å². The summed E-state index contributed by atoms with van der Waals surface area (Å²) in [5.41, 5.74) is 2.40. The molecule has 0 saturated heterocycles. The number of benzene rings is 2. The molecule has 0 N–H and O–H groups in total. The lowest BCUT2D eigenvalue weighted by molar-refractivity contribution is -0.108. The molecular weight excluding hydrogens is 430 g/mol. The maximum atomic E-state index is 11.5. The first kappa shape index (κ1) is 23.9. The van der Waals surface area contributed by atoms with Gasteiger partial charge in [-0.15, -0.1) is 0 Å². The van der Waals surface area contributed by atoms with Crippen LogP contribution in [0.1, 0.15) is 62.6 Å². The molecule has 1 unspecified atom stereocenters. The van der Waals surface area contributed by atoms with E-state index in [2.05, 4.69) is 0 Å². The van der Waals surface area contributed by atoms with Gasteiger partial charge in [-0.05, 0) is 43.5 Å². The Labute approximate surface area is 201 Å². The molecule has 1 atom stereocenters. The fourth-order valence-electron chi connectivity index (χ4n) is 4.69. The van der Waals surface area contributed by atoms with Crippen LogP contribution in [0.25, 0.3) is 11.5 Å². The third-order valence-electron chi connectivity index (χ3n) is 6.47. The van der Waals surface area contributed by atoms with Crippen LogP contribution in [0.2, 0.25) is 0 Å². The summed E-state index contributed by atoms with van der Waals surface area (Å²) in [7, 11) is 1.64. The summed E-state index contributed by atoms with van der Waals surface area (Å²) in [6.07, 6.45) is 9.13. The smallest absolute Gasteiger partial charge is 0.226 e. The molecule has 0 aliphatic heterocycles. The van der Waals surface area contributed by atoms with Crippen molar-refractivity contribution in [3.63, 3.8) is 0 Å². The van der Waals surface area contributed by atoms with Crippen molar-refractivity contribution in [1.29, 1.82) is 0 Å². The van der Waals surface area contributed by atoms with Gasteiger partial charge in [0.1, 0.15) is 18.3 Å². The third kappa shape index (κ3) is 5.61. The molecule has 6 nitrogen and oxygen atoms in total. The molecular formula is C28H33NO5. The van der Waals surface area contributed by atoms with Gasteiger partial charge >= 0.3 is 0 Å². The van der Waals surface area contributed by atoms with Crippen molar-refractivity contribution >= 4 is 6.29 Å². The van der Waals surface area contributed by atoms with Crippen molar-refractivity contribution in [2.24, 2.45) is 5.92 Å². The van der Waals surface area contributed by atoms with E-state index in [1.54, 1.807) is 13.4 Å². The van der Waals surface area contributed by atoms with Crippen molar-refractivity contribution in [2.75, 3.05) is 20.3 Å². The van der Waals surface area contributed by atoms with Gasteiger partial charge in [-0.2, -0.15) is 0 Å². The molecule has 0 bridgehead atoms. The predicted molar refractivity (Wildman–Crippen MR) is 131 cm³/mol. The summed E-state index contributed by atoms with van der Waals surface area (Å²) in [5, 5.41) is 0. The van der Waals surface area contributed by atoms with Gasteiger partial charge in [0.25, 0.3) is 0 Å². The van der Waals surface area contributed by atoms with Crippen LogP contribution in [-0.4, -0.2) is 31.6 Å². The Balaban J connectivity index is 1.55. The van der Waals surface area contributed by atoms with Crippen LogP contribution in [0.15, 0.2) is 53.1 Å². The van der Waals surface area contributed by atoms with Crippen LogP contribution in [0, 0.1) is 5.92 Å². The van der Waals surface area contributed by atoms with Crippen molar-refractivity contribution in [3.05, 3.63) is 60.0 Å². The molecule has 1 heterocycles. The zero-order chi connectivity index (χ0) is 23.8. The number of methoxy groups -OCH3 is 1. The van der Waals surface area contributed by atoms with Crippen molar-refractivity contribution < 1.29 is 23.4 Å². The highest BCUT2D eigenvalue weighted by atomic mass is 16.5. The molecule has 6 heteroatoms. The molecule has 1 saturated carbocycles. The van der Waals surface area contributed by atoms with Gasteiger partial charge in [0, 0.05) is 23.5 Å². The van der Waals surface area contributed by atoms with E-state index in [0.29, 0.717) is 36.3 Å². The minimum Gasteiger partial charge on any atom is -0.494 e. The SMILES string of the molecule is CCOc1ccccc1C(CC=O)c1coc(-c2ccc(OC)c(OCCC3CCCC3)c2)n1. The Morgan fingerprint density at radius 2 is 1.91 bits per heavy atom. The van der Waals surface area contributed by atoms with Crippen molar-refractivity contribution in [2.45, 2.75) is 51.4 Å². The van der Waals surface area contributed by atoms with Gasteiger partial charge < -0.3 is 23.4 Å². The average molecular weight is 464 g/mol. The van der Waals surface area contributed by atoms with E-state index in [-0.39, 0.29) is 12.3 Å². The summed E-state index contributed by atoms with van der Waals surface area (Å²) >= 11 is 0. The third-order valence-corrected chi connectivity index (χ3v) is 6.47. The normalized spacial score (nSPS) is 14.6. The van der Waals surface area contributed by atoms with E-state index in [1.165, 1.54) is 25.7 Å². The number of para-hydroxylation sites is 1. The molecule has 0 radical (unpaired) electrons. The van der Waals surface area contributed by atoms with E-state index in [1.807, 2.05) is 49.4 Å². The first-order chi connectivity index (χ1) is 16.7. The fraction of sp³-hybridized carbons (Fsp3) is 0.429. The summed E-state index contributed by atoms with van der Waals surface area (Å²) in [6.45, 7) is 3.15. The number of aromatic nitrogens is 1. The zero-order valence-corrected chi connectivity index (χ0v) is 20.0. The van der Waals surface area contributed by atoms with Crippen LogP contribution >= 0.6 is 0 Å². The molecule has 0 amide bonds. The lowest BCUT2D eigenvalue weighted by Crippen LogP contribution is -2.06. The summed E-state index contributed by atoms with van der Waals surface area (Å²) in [5.74, 6) is 3.11. The van der Waals surface area contributed by atoms with Gasteiger partial charge in [0.15, 0.2) is 11.5 Å². The molecule has 3 aromatic rings. The number of hydrogen-bond acceptors (Lipinski definition) is 6. The lowest BCUT2D eigenvalue weighted by Gasteiger charge is -2.16. The minimum absolute atomic E-state index is 0.252. The Bertz CT molecular complexity index is 1070. The molecule has 1 fully saturated rings. The van der Waals surface area contributed by atoms with E-state index in [4.69, 9.17) is 23.6 Å². The van der Waals surface area contributed by atoms with E-state index in [9.17, 15) is 4.79 Å².